The third-order valence-corrected chi connectivity index (χ3v) is 3.91. The molecule has 1 aliphatic rings. The molecule has 4 heteroatoms. The smallest absolute Gasteiger partial charge is 0.0999 e. The fourth-order valence-electron chi connectivity index (χ4n) is 2.65. The van der Waals surface area contributed by atoms with E-state index < -0.39 is 0 Å². The quantitative estimate of drug-likeness (QED) is 0.854. The maximum atomic E-state index is 4.39. The van der Waals surface area contributed by atoms with Gasteiger partial charge in [-0.3, -0.25) is 0 Å². The van der Waals surface area contributed by atoms with Crippen LogP contribution in [0, 0.1) is 5.92 Å². The molecule has 1 fully saturated rings. The van der Waals surface area contributed by atoms with Crippen molar-refractivity contribution in [2.75, 3.05) is 7.05 Å². The van der Waals surface area contributed by atoms with Gasteiger partial charge in [-0.1, -0.05) is 25.5 Å². The summed E-state index contributed by atoms with van der Waals surface area (Å²) in [7, 11) is 1.96. The summed E-state index contributed by atoms with van der Waals surface area (Å²) in [4.78, 5) is 0. The van der Waals surface area contributed by atoms with Crippen LogP contribution in [0.4, 0.5) is 0 Å². The van der Waals surface area contributed by atoms with E-state index in [0.717, 1.165) is 18.2 Å². The van der Waals surface area contributed by atoms with E-state index in [1.54, 1.807) is 0 Å². The van der Waals surface area contributed by atoms with Crippen LogP contribution in [0.15, 0.2) is 0 Å². The van der Waals surface area contributed by atoms with E-state index in [4.69, 9.17) is 0 Å². The number of rotatable bonds is 5. The van der Waals surface area contributed by atoms with Gasteiger partial charge >= 0.3 is 0 Å². The van der Waals surface area contributed by atoms with E-state index in [-0.39, 0.29) is 0 Å². The third kappa shape index (κ3) is 2.37. The molecule has 0 saturated heterocycles. The molecule has 1 heterocycles. The Morgan fingerprint density at radius 1 is 1.35 bits per heavy atom. The van der Waals surface area contributed by atoms with Gasteiger partial charge in [0.2, 0.25) is 0 Å². The van der Waals surface area contributed by atoms with Crippen LogP contribution in [0.3, 0.4) is 0 Å². The average Bonchev–Trinajstić information content (AvgIpc) is 2.59. The first-order chi connectivity index (χ1) is 8.15. The molecule has 2 rings (SSSR count). The van der Waals surface area contributed by atoms with Crippen LogP contribution < -0.4 is 5.32 Å². The second kappa shape index (κ2) is 5.17. The van der Waals surface area contributed by atoms with Crippen molar-refractivity contribution in [2.24, 2.45) is 5.92 Å². The molecule has 1 saturated carbocycles. The zero-order chi connectivity index (χ0) is 12.4. The molecule has 17 heavy (non-hydrogen) atoms. The van der Waals surface area contributed by atoms with Gasteiger partial charge in [-0.25, -0.2) is 4.68 Å². The van der Waals surface area contributed by atoms with Crippen molar-refractivity contribution in [3.63, 3.8) is 0 Å². The third-order valence-electron chi connectivity index (χ3n) is 3.91. The van der Waals surface area contributed by atoms with Crippen molar-refractivity contribution < 1.29 is 0 Å². The lowest BCUT2D eigenvalue weighted by atomic mass is 9.80. The first-order valence-electron chi connectivity index (χ1n) is 6.73. The van der Waals surface area contributed by atoms with E-state index in [0.29, 0.717) is 12.0 Å². The van der Waals surface area contributed by atoms with Crippen LogP contribution in [0.5, 0.6) is 0 Å². The molecular weight excluding hydrogens is 212 g/mol. The number of nitrogens with zero attached hydrogens (tertiary/aromatic N) is 3. The van der Waals surface area contributed by atoms with Crippen molar-refractivity contribution in [1.29, 1.82) is 0 Å². The summed E-state index contributed by atoms with van der Waals surface area (Å²) in [5.74, 6) is 1.28. The summed E-state index contributed by atoms with van der Waals surface area (Å²) in [5, 5.41) is 11.9. The molecule has 1 aliphatic carbocycles. The fraction of sp³-hybridized carbons (Fsp3) is 0.846. The highest BCUT2D eigenvalue weighted by molar-refractivity contribution is 5.15. The molecule has 1 aromatic rings. The summed E-state index contributed by atoms with van der Waals surface area (Å²) in [6, 6.07) is 0.499. The Morgan fingerprint density at radius 3 is 2.53 bits per heavy atom. The van der Waals surface area contributed by atoms with Gasteiger partial charge in [0.05, 0.1) is 17.4 Å². The van der Waals surface area contributed by atoms with Gasteiger partial charge in [0.15, 0.2) is 0 Å². The van der Waals surface area contributed by atoms with Gasteiger partial charge in [0, 0.05) is 6.54 Å². The van der Waals surface area contributed by atoms with Crippen molar-refractivity contribution >= 4 is 0 Å². The lowest BCUT2D eigenvalue weighted by Crippen LogP contribution is -2.25. The Labute approximate surface area is 104 Å². The zero-order valence-electron chi connectivity index (χ0n) is 11.4. The molecule has 96 valence electrons. The Kier molecular flexibility index (Phi) is 3.82. The number of nitrogens with one attached hydrogen (secondary N) is 1. The van der Waals surface area contributed by atoms with E-state index in [1.807, 2.05) is 7.05 Å². The second-order valence-electron chi connectivity index (χ2n) is 5.48. The summed E-state index contributed by atoms with van der Waals surface area (Å²) < 4.78 is 2.17. The van der Waals surface area contributed by atoms with Crippen LogP contribution in [0.25, 0.3) is 0 Å². The Bertz CT molecular complexity index is 365. The molecule has 1 N–H and O–H groups in total. The van der Waals surface area contributed by atoms with Crippen LogP contribution in [-0.2, 0) is 6.54 Å². The summed E-state index contributed by atoms with van der Waals surface area (Å²) >= 11 is 0. The largest absolute Gasteiger partial charge is 0.314 e. The highest BCUT2D eigenvalue weighted by atomic mass is 15.4. The van der Waals surface area contributed by atoms with Gasteiger partial charge < -0.3 is 5.32 Å². The summed E-state index contributed by atoms with van der Waals surface area (Å²) in [5.41, 5.74) is 2.41. The lowest BCUT2D eigenvalue weighted by Gasteiger charge is -2.32. The van der Waals surface area contributed by atoms with Crippen molar-refractivity contribution in [3.05, 3.63) is 11.4 Å². The lowest BCUT2D eigenvalue weighted by molar-refractivity contribution is 0.204. The van der Waals surface area contributed by atoms with Crippen LogP contribution in [-0.4, -0.2) is 22.0 Å². The minimum atomic E-state index is 0.482. The van der Waals surface area contributed by atoms with E-state index in [9.17, 15) is 0 Å². The van der Waals surface area contributed by atoms with Gasteiger partial charge in [-0.15, -0.1) is 5.10 Å². The van der Waals surface area contributed by atoms with Crippen LogP contribution >= 0.6 is 0 Å². The molecule has 0 aromatic carbocycles. The predicted molar refractivity (Wildman–Crippen MR) is 68.9 cm³/mol. The fourth-order valence-corrected chi connectivity index (χ4v) is 2.65. The Hall–Kier alpha value is -0.900. The van der Waals surface area contributed by atoms with Crippen molar-refractivity contribution in [1.82, 2.24) is 20.3 Å². The molecule has 0 spiro atoms. The molecule has 1 atom stereocenters. The number of hydrogen-bond acceptors (Lipinski definition) is 3. The molecule has 1 aromatic heterocycles. The van der Waals surface area contributed by atoms with Gasteiger partial charge in [0.1, 0.15) is 0 Å². The topological polar surface area (TPSA) is 42.7 Å². The van der Waals surface area contributed by atoms with Crippen molar-refractivity contribution in [3.8, 4) is 0 Å². The van der Waals surface area contributed by atoms with E-state index in [2.05, 4.69) is 41.1 Å². The normalized spacial score (nSPS) is 18.4. The minimum absolute atomic E-state index is 0.482. The summed E-state index contributed by atoms with van der Waals surface area (Å²) in [6.07, 6.45) is 4.07. The van der Waals surface area contributed by atoms with Gasteiger partial charge in [-0.2, -0.15) is 0 Å². The Balaban J connectivity index is 2.25. The molecule has 1 unspecified atom stereocenters. The van der Waals surface area contributed by atoms with Crippen LogP contribution in [0.1, 0.15) is 63.4 Å². The molecular formula is C13H24N4. The highest BCUT2D eigenvalue weighted by Crippen LogP contribution is 2.37. The first-order valence-corrected chi connectivity index (χ1v) is 6.73. The summed E-state index contributed by atoms with van der Waals surface area (Å²) in [6.45, 7) is 7.54. The first kappa shape index (κ1) is 12.6. The molecule has 4 nitrogen and oxygen atoms in total. The van der Waals surface area contributed by atoms with E-state index in [1.165, 1.54) is 25.0 Å². The second-order valence-corrected chi connectivity index (χ2v) is 5.48. The molecule has 0 bridgehead atoms. The average molecular weight is 236 g/mol. The van der Waals surface area contributed by atoms with Gasteiger partial charge in [0.25, 0.3) is 0 Å². The standard InChI is InChI=1S/C13H24N4/c1-9(2)13-12(8-14-4)15-16-17(13)10(3)11-6-5-7-11/h9-11,14H,5-8H2,1-4H3. The maximum Gasteiger partial charge on any atom is 0.0999 e. The minimum Gasteiger partial charge on any atom is -0.314 e. The highest BCUT2D eigenvalue weighted by Gasteiger charge is 2.28. The van der Waals surface area contributed by atoms with Gasteiger partial charge in [-0.05, 0) is 38.6 Å². The number of aromatic nitrogens is 3. The molecule has 0 aliphatic heterocycles. The number of hydrogen-bond donors (Lipinski definition) is 1. The van der Waals surface area contributed by atoms with Crippen LogP contribution in [0.2, 0.25) is 0 Å². The van der Waals surface area contributed by atoms with E-state index >= 15 is 0 Å². The Morgan fingerprint density at radius 2 is 2.06 bits per heavy atom. The molecule has 0 amide bonds. The SMILES string of the molecule is CNCc1nnn(C(C)C2CCC2)c1C(C)C. The van der Waals surface area contributed by atoms with Crippen molar-refractivity contribution in [2.45, 2.75) is 58.5 Å². The predicted octanol–water partition coefficient (Wildman–Crippen LogP) is 2.48. The monoisotopic (exact) mass is 236 g/mol. The maximum absolute atomic E-state index is 4.39. The zero-order valence-corrected chi connectivity index (χ0v) is 11.4. The molecule has 0 radical (unpaired) electrons.